The van der Waals surface area contributed by atoms with Gasteiger partial charge in [0.1, 0.15) is 11.3 Å². The SMILES string of the molecule is COc1cc(C(C)(C)C)cc2sc([C@H](C)C(C)C)nc12. The highest BCUT2D eigenvalue weighted by Crippen LogP contribution is 2.38. The Hall–Kier alpha value is -1.09. The maximum absolute atomic E-state index is 5.56. The molecular formula is C17H25NOS. The normalized spacial score (nSPS) is 14.0. The van der Waals surface area contributed by atoms with Gasteiger partial charge in [0, 0.05) is 5.92 Å². The molecule has 0 saturated carbocycles. The minimum absolute atomic E-state index is 0.120. The Labute approximate surface area is 126 Å². The van der Waals surface area contributed by atoms with Gasteiger partial charge in [-0.2, -0.15) is 0 Å². The Balaban J connectivity index is 2.61. The van der Waals surface area contributed by atoms with Gasteiger partial charge in [-0.3, -0.25) is 0 Å². The van der Waals surface area contributed by atoms with Crippen LogP contribution in [0.2, 0.25) is 0 Å². The lowest BCUT2D eigenvalue weighted by atomic mass is 9.87. The number of hydrogen-bond acceptors (Lipinski definition) is 3. The third-order valence-corrected chi connectivity index (χ3v) is 5.16. The van der Waals surface area contributed by atoms with Crippen LogP contribution in [-0.4, -0.2) is 12.1 Å². The monoisotopic (exact) mass is 291 g/mol. The fourth-order valence-corrected chi connectivity index (χ4v) is 3.33. The summed E-state index contributed by atoms with van der Waals surface area (Å²) in [6.07, 6.45) is 0. The summed E-state index contributed by atoms with van der Waals surface area (Å²) < 4.78 is 6.79. The Kier molecular flexibility index (Phi) is 4.10. The zero-order valence-electron chi connectivity index (χ0n) is 13.6. The molecule has 0 amide bonds. The van der Waals surface area contributed by atoms with Gasteiger partial charge in [-0.25, -0.2) is 4.98 Å². The smallest absolute Gasteiger partial charge is 0.146 e. The summed E-state index contributed by atoms with van der Waals surface area (Å²) >= 11 is 1.80. The predicted molar refractivity (Wildman–Crippen MR) is 88.1 cm³/mol. The van der Waals surface area contributed by atoms with E-state index in [4.69, 9.17) is 9.72 Å². The molecule has 0 saturated heterocycles. The molecule has 1 aromatic heterocycles. The van der Waals surface area contributed by atoms with Crippen molar-refractivity contribution in [2.24, 2.45) is 5.92 Å². The van der Waals surface area contributed by atoms with Crippen molar-refractivity contribution in [2.45, 2.75) is 52.9 Å². The van der Waals surface area contributed by atoms with Gasteiger partial charge in [0.2, 0.25) is 0 Å². The number of nitrogens with zero attached hydrogens (tertiary/aromatic N) is 1. The van der Waals surface area contributed by atoms with Crippen LogP contribution in [0.1, 0.15) is 58.0 Å². The van der Waals surface area contributed by atoms with Gasteiger partial charge in [-0.15, -0.1) is 11.3 Å². The van der Waals surface area contributed by atoms with E-state index in [0.29, 0.717) is 11.8 Å². The van der Waals surface area contributed by atoms with E-state index < -0.39 is 0 Å². The lowest BCUT2D eigenvalue weighted by Gasteiger charge is -2.19. The Morgan fingerprint density at radius 1 is 1.15 bits per heavy atom. The summed E-state index contributed by atoms with van der Waals surface area (Å²) in [7, 11) is 1.73. The first-order valence-electron chi connectivity index (χ1n) is 7.23. The lowest BCUT2D eigenvalue weighted by molar-refractivity contribution is 0.417. The van der Waals surface area contributed by atoms with E-state index in [0.717, 1.165) is 11.3 Å². The lowest BCUT2D eigenvalue weighted by Crippen LogP contribution is -2.10. The molecule has 0 aliphatic heterocycles. The summed E-state index contributed by atoms with van der Waals surface area (Å²) in [6.45, 7) is 13.4. The largest absolute Gasteiger partial charge is 0.494 e. The van der Waals surface area contributed by atoms with Gasteiger partial charge < -0.3 is 4.74 Å². The minimum Gasteiger partial charge on any atom is -0.494 e. The molecule has 1 aromatic carbocycles. The van der Waals surface area contributed by atoms with Crippen LogP contribution >= 0.6 is 11.3 Å². The molecule has 2 aromatic rings. The maximum atomic E-state index is 5.56. The third-order valence-electron chi connectivity index (χ3n) is 3.95. The van der Waals surface area contributed by atoms with E-state index in [1.165, 1.54) is 15.3 Å². The molecule has 0 N–H and O–H groups in total. The van der Waals surface area contributed by atoms with Gasteiger partial charge in [-0.1, -0.05) is 41.5 Å². The summed E-state index contributed by atoms with van der Waals surface area (Å²) in [5.41, 5.74) is 2.43. The molecule has 2 nitrogen and oxygen atoms in total. The minimum atomic E-state index is 0.120. The van der Waals surface area contributed by atoms with Crippen molar-refractivity contribution < 1.29 is 4.74 Å². The van der Waals surface area contributed by atoms with Gasteiger partial charge in [-0.05, 0) is 29.0 Å². The molecule has 0 radical (unpaired) electrons. The molecule has 1 heterocycles. The summed E-state index contributed by atoms with van der Waals surface area (Å²) in [5, 5.41) is 1.21. The van der Waals surface area contributed by atoms with Crippen LogP contribution in [0, 0.1) is 5.92 Å². The van der Waals surface area contributed by atoms with E-state index in [-0.39, 0.29) is 5.41 Å². The molecule has 1 atom stereocenters. The Bertz CT molecular complexity index is 607. The number of aromatic nitrogens is 1. The summed E-state index contributed by atoms with van der Waals surface area (Å²) in [5.74, 6) is 1.98. The van der Waals surface area contributed by atoms with Gasteiger partial charge in [0.25, 0.3) is 0 Å². The number of benzene rings is 1. The molecule has 0 bridgehead atoms. The van der Waals surface area contributed by atoms with Crippen LogP contribution in [0.5, 0.6) is 5.75 Å². The second-order valence-corrected chi connectivity index (χ2v) is 7.92. The third kappa shape index (κ3) is 2.83. The number of hydrogen-bond donors (Lipinski definition) is 0. The van der Waals surface area contributed by atoms with E-state index in [9.17, 15) is 0 Å². The quantitative estimate of drug-likeness (QED) is 0.759. The second kappa shape index (κ2) is 5.36. The van der Waals surface area contributed by atoms with Crippen molar-refractivity contribution in [3.05, 3.63) is 22.7 Å². The highest BCUT2D eigenvalue weighted by molar-refractivity contribution is 7.18. The standard InChI is InChI=1S/C17H25NOS/c1-10(2)11(3)16-18-15-13(19-7)8-12(17(4,5)6)9-14(15)20-16/h8-11H,1-7H3/t11-/m1/s1. The van der Waals surface area contributed by atoms with Crippen LogP contribution in [0.15, 0.2) is 12.1 Å². The van der Waals surface area contributed by atoms with Crippen LogP contribution in [0.25, 0.3) is 10.2 Å². The average molecular weight is 291 g/mol. The predicted octanol–water partition coefficient (Wildman–Crippen LogP) is 5.36. The number of methoxy groups -OCH3 is 1. The van der Waals surface area contributed by atoms with Crippen molar-refractivity contribution in [2.75, 3.05) is 7.11 Å². The summed E-state index contributed by atoms with van der Waals surface area (Å²) in [4.78, 5) is 4.82. The Morgan fingerprint density at radius 2 is 1.80 bits per heavy atom. The molecule has 0 spiro atoms. The fraction of sp³-hybridized carbons (Fsp3) is 0.588. The highest BCUT2D eigenvalue weighted by Gasteiger charge is 2.21. The number of ether oxygens (including phenoxy) is 1. The maximum Gasteiger partial charge on any atom is 0.146 e. The highest BCUT2D eigenvalue weighted by atomic mass is 32.1. The number of fused-ring (bicyclic) bond motifs is 1. The summed E-state index contributed by atoms with van der Waals surface area (Å²) in [6, 6.07) is 4.40. The molecule has 3 heteroatoms. The van der Waals surface area contributed by atoms with Gasteiger partial charge in [0.05, 0.1) is 16.8 Å². The number of rotatable bonds is 3. The van der Waals surface area contributed by atoms with E-state index in [1.807, 2.05) is 0 Å². The zero-order valence-corrected chi connectivity index (χ0v) is 14.4. The van der Waals surface area contributed by atoms with Crippen molar-refractivity contribution >= 4 is 21.6 Å². The van der Waals surface area contributed by atoms with E-state index in [2.05, 4.69) is 53.7 Å². The van der Waals surface area contributed by atoms with Crippen molar-refractivity contribution in [3.8, 4) is 5.75 Å². The first-order valence-corrected chi connectivity index (χ1v) is 8.04. The van der Waals surface area contributed by atoms with Crippen molar-refractivity contribution in [3.63, 3.8) is 0 Å². The fourth-order valence-electron chi connectivity index (χ4n) is 2.08. The zero-order chi connectivity index (χ0) is 15.1. The topological polar surface area (TPSA) is 22.1 Å². The molecule has 0 unspecified atom stereocenters. The molecule has 0 aliphatic rings. The average Bonchev–Trinajstić information content (AvgIpc) is 2.78. The van der Waals surface area contributed by atoms with E-state index in [1.54, 1.807) is 18.4 Å². The van der Waals surface area contributed by atoms with Crippen LogP contribution in [0.4, 0.5) is 0 Å². The molecular weight excluding hydrogens is 266 g/mol. The van der Waals surface area contributed by atoms with Gasteiger partial charge >= 0.3 is 0 Å². The molecule has 2 rings (SSSR count). The van der Waals surface area contributed by atoms with Crippen LogP contribution < -0.4 is 4.74 Å². The first kappa shape index (κ1) is 15.3. The van der Waals surface area contributed by atoms with Crippen LogP contribution in [-0.2, 0) is 5.41 Å². The first-order chi connectivity index (χ1) is 9.24. The molecule has 110 valence electrons. The van der Waals surface area contributed by atoms with Gasteiger partial charge in [0.15, 0.2) is 0 Å². The number of thiazole rings is 1. The Morgan fingerprint density at radius 3 is 2.30 bits per heavy atom. The molecule has 20 heavy (non-hydrogen) atoms. The van der Waals surface area contributed by atoms with E-state index >= 15 is 0 Å². The molecule has 0 fully saturated rings. The second-order valence-electron chi connectivity index (χ2n) is 6.86. The van der Waals surface area contributed by atoms with Crippen LogP contribution in [0.3, 0.4) is 0 Å². The van der Waals surface area contributed by atoms with Crippen molar-refractivity contribution in [1.29, 1.82) is 0 Å². The van der Waals surface area contributed by atoms with Crippen molar-refractivity contribution in [1.82, 2.24) is 4.98 Å². The molecule has 0 aliphatic carbocycles.